The van der Waals surface area contributed by atoms with Crippen LogP contribution in [-0.4, -0.2) is 243 Å². The Morgan fingerprint density at radius 3 is 1.46 bits per heavy atom. The molecule has 516 valence electrons. The fourth-order valence-electron chi connectivity index (χ4n) is 10.4. The van der Waals surface area contributed by atoms with Gasteiger partial charge in [0.05, 0.1) is 24.7 Å². The second-order valence-corrected chi connectivity index (χ2v) is 27.2. The molecule has 7 N–H and O–H groups in total. The predicted molar refractivity (Wildman–Crippen MR) is 344 cm³/mol. The Labute approximate surface area is 536 Å². The topological polar surface area (TPSA) is 339 Å². The highest BCUT2D eigenvalue weighted by molar-refractivity contribution is 6.17. The zero-order valence-corrected chi connectivity index (χ0v) is 59.0. The highest BCUT2D eigenvalue weighted by Gasteiger charge is 2.57. The van der Waals surface area contributed by atoms with E-state index in [1.807, 2.05) is 41.5 Å². The maximum atomic E-state index is 14.9. The van der Waals surface area contributed by atoms with Gasteiger partial charge in [-0.1, -0.05) is 95.2 Å². The van der Waals surface area contributed by atoms with E-state index in [-0.39, 0.29) is 48.3 Å². The number of hydrogen-bond acceptors (Lipinski definition) is 16. The first-order chi connectivity index (χ1) is 41.2. The Balaban J connectivity index is 7.12. The smallest absolute Gasteiger partial charge is 0.408 e. The standard InChI is InChI=1S/C64H115N11O15/c1-27-29-30-40(13)51(77)49(66-20)52(78)64(19,61(87)88)75(56(82)43(65)28-2)55(81)42(15)70(22)59(85)48(38(9)10)68-53(79)44(31-35(3)4)71(23)47(76)34-69(21)60(86)50(39(11)12)74(26)58(84)46(33-37(7)8)73(25)57(83)45(32-36(5)6)72(24)54(80)41(14)67-62(89)90-63(16,17)18/h27,29,35-46,48-51,66,77H,28,30-34,65H2,1-26H3,(H,67,89)(H,68,79)(H,87,88)/b29-27+/t40-,41-,42+,43?,44+,45+,46+,48+,49+,50+,51-,64-/m1/s1. The molecular formula is C64H115N11O15. The maximum Gasteiger partial charge on any atom is 0.408 e. The molecule has 0 radical (unpaired) electrons. The van der Waals surface area contributed by atoms with Crippen LogP contribution in [0.2, 0.25) is 0 Å². The zero-order valence-electron chi connectivity index (χ0n) is 59.0. The van der Waals surface area contributed by atoms with Gasteiger partial charge in [-0.2, -0.15) is 0 Å². The lowest BCUT2D eigenvalue weighted by Gasteiger charge is -2.42. The molecule has 1 unspecified atom stereocenters. The number of ether oxygens (including phenoxy) is 1. The number of aliphatic hydroxyl groups is 1. The monoisotopic (exact) mass is 1280 g/mol. The lowest BCUT2D eigenvalue weighted by molar-refractivity contribution is -0.173. The molecular weight excluding hydrogens is 1160 g/mol. The van der Waals surface area contributed by atoms with Gasteiger partial charge in [0, 0.05) is 42.3 Å². The van der Waals surface area contributed by atoms with Gasteiger partial charge in [-0.3, -0.25) is 52.8 Å². The number of nitrogens with one attached hydrogen (secondary N) is 3. The van der Waals surface area contributed by atoms with Gasteiger partial charge in [0.15, 0.2) is 5.78 Å². The summed E-state index contributed by atoms with van der Waals surface area (Å²) in [6.45, 7) is 30.8. The van der Waals surface area contributed by atoms with Gasteiger partial charge in [-0.15, -0.1) is 0 Å². The van der Waals surface area contributed by atoms with Gasteiger partial charge in [0.2, 0.25) is 52.8 Å². The zero-order chi connectivity index (χ0) is 70.7. The molecule has 0 saturated heterocycles. The fourth-order valence-corrected chi connectivity index (χ4v) is 10.4. The van der Waals surface area contributed by atoms with Crippen LogP contribution in [0.3, 0.4) is 0 Å². The first-order valence-electron chi connectivity index (χ1n) is 31.4. The van der Waals surface area contributed by atoms with Crippen LogP contribution in [0.5, 0.6) is 0 Å². The van der Waals surface area contributed by atoms with E-state index < -0.39 is 167 Å². The van der Waals surface area contributed by atoms with Gasteiger partial charge in [0.25, 0.3) is 5.91 Å². The minimum absolute atomic E-state index is 0.0712. The van der Waals surface area contributed by atoms with E-state index in [1.165, 1.54) is 84.8 Å². The van der Waals surface area contributed by atoms with Crippen molar-refractivity contribution in [1.82, 2.24) is 50.2 Å². The molecule has 12 atom stereocenters. The van der Waals surface area contributed by atoms with Crippen molar-refractivity contribution in [2.24, 2.45) is 41.2 Å². The number of carbonyl (C=O) groups excluding carboxylic acids is 11. The molecule has 0 spiro atoms. The number of nitrogens with zero attached hydrogens (tertiary/aromatic N) is 7. The van der Waals surface area contributed by atoms with Crippen molar-refractivity contribution < 1.29 is 72.5 Å². The van der Waals surface area contributed by atoms with E-state index in [9.17, 15) is 67.7 Å². The molecule has 0 aromatic rings. The number of nitrogens with two attached hydrogens (primary N) is 1. The highest BCUT2D eigenvalue weighted by Crippen LogP contribution is 2.28. The van der Waals surface area contributed by atoms with Crippen molar-refractivity contribution in [3.8, 4) is 0 Å². The molecule has 26 nitrogen and oxygen atoms in total. The highest BCUT2D eigenvalue weighted by atomic mass is 16.6. The third kappa shape index (κ3) is 22.7. The number of rotatable bonds is 35. The molecule has 0 fully saturated rings. The molecule has 0 aliphatic heterocycles. The Morgan fingerprint density at radius 1 is 0.578 bits per heavy atom. The van der Waals surface area contributed by atoms with Gasteiger partial charge in [-0.25, -0.2) is 9.59 Å². The van der Waals surface area contributed by atoms with Crippen LogP contribution >= 0.6 is 0 Å². The van der Waals surface area contributed by atoms with E-state index in [2.05, 4.69) is 16.0 Å². The molecule has 0 bridgehead atoms. The number of alkyl carbamates (subject to hydrolysis) is 1. The lowest BCUT2D eigenvalue weighted by atomic mass is 9.82. The lowest BCUT2D eigenvalue weighted by Crippen LogP contribution is -2.71. The average Bonchev–Trinajstić information content (AvgIpc) is 0.834. The Hall–Kier alpha value is -6.54. The van der Waals surface area contributed by atoms with Gasteiger partial charge < -0.3 is 66.0 Å². The summed E-state index contributed by atoms with van der Waals surface area (Å²) in [7, 11) is 9.64. The molecule has 0 aromatic carbocycles. The number of ketones is 1. The van der Waals surface area contributed by atoms with E-state index >= 15 is 0 Å². The summed E-state index contributed by atoms with van der Waals surface area (Å²) in [5.74, 6) is -12.6. The molecule has 10 amide bonds. The van der Waals surface area contributed by atoms with Crippen LogP contribution in [0.15, 0.2) is 12.2 Å². The summed E-state index contributed by atoms with van der Waals surface area (Å²) in [5.41, 5.74) is 2.36. The number of allylic oxidation sites excluding steroid dienone is 2. The number of carbonyl (C=O) groups is 12. The summed E-state index contributed by atoms with van der Waals surface area (Å²) in [6, 6.07) is -11.8. The number of carboxylic acids is 1. The first-order valence-corrected chi connectivity index (χ1v) is 31.4. The summed E-state index contributed by atoms with van der Waals surface area (Å²) >= 11 is 0. The van der Waals surface area contributed by atoms with Crippen LogP contribution in [0, 0.1) is 35.5 Å². The predicted octanol–water partition coefficient (Wildman–Crippen LogP) is 3.50. The van der Waals surface area contributed by atoms with Crippen molar-refractivity contribution in [3.63, 3.8) is 0 Å². The van der Waals surface area contributed by atoms with Crippen LogP contribution in [0.25, 0.3) is 0 Å². The van der Waals surface area contributed by atoms with Gasteiger partial charge >= 0.3 is 12.1 Å². The van der Waals surface area contributed by atoms with E-state index in [1.54, 1.807) is 74.5 Å². The molecule has 0 saturated carbocycles. The number of aliphatic carboxylic acids is 1. The Kier molecular flexibility index (Phi) is 33.8. The Bertz CT molecular complexity index is 2520. The molecule has 26 heteroatoms. The van der Waals surface area contributed by atoms with Crippen LogP contribution < -0.4 is 21.7 Å². The van der Waals surface area contributed by atoms with Crippen LogP contribution in [0.1, 0.15) is 164 Å². The number of Topliss-reactive ketones (excluding diaryl/α,β-unsaturated/α-hetero) is 1. The molecule has 0 aliphatic rings. The molecule has 0 rings (SSSR count). The van der Waals surface area contributed by atoms with Crippen molar-refractivity contribution in [3.05, 3.63) is 12.2 Å². The molecule has 90 heavy (non-hydrogen) atoms. The number of likely N-dealkylation sites (N-methyl/N-ethyl adjacent to an activating group) is 7. The van der Waals surface area contributed by atoms with E-state index in [0.717, 1.165) is 21.6 Å². The molecule has 0 aromatic heterocycles. The number of aliphatic hydroxyl groups excluding tert-OH is 1. The summed E-state index contributed by atoms with van der Waals surface area (Å²) in [6.07, 6.45) is 1.86. The van der Waals surface area contributed by atoms with E-state index in [4.69, 9.17) is 10.5 Å². The number of amides is 10. The second kappa shape index (κ2) is 36.5. The van der Waals surface area contributed by atoms with Crippen molar-refractivity contribution in [1.29, 1.82) is 0 Å². The minimum Gasteiger partial charge on any atom is -0.479 e. The number of hydrogen-bond donors (Lipinski definition) is 6. The first kappa shape index (κ1) is 83.5. The van der Waals surface area contributed by atoms with Crippen molar-refractivity contribution >= 4 is 71.0 Å². The fraction of sp³-hybridized carbons (Fsp3) is 0.781. The van der Waals surface area contributed by atoms with E-state index in [0.29, 0.717) is 6.42 Å². The quantitative estimate of drug-likeness (QED) is 0.0391. The van der Waals surface area contributed by atoms with Crippen LogP contribution in [-0.2, 0) is 57.5 Å². The van der Waals surface area contributed by atoms with Crippen LogP contribution in [0.4, 0.5) is 4.79 Å². The third-order valence-electron chi connectivity index (χ3n) is 16.3. The SMILES string of the molecule is C/C=C/C[C@@H](C)[C@@H](O)[C@H](NC)C(=O)[C@](C)(C(=O)O)N(C(=O)C(N)CC)C(=O)[C@H](C)N(C)C(=O)[C@@H](NC(=O)[C@H](CC(C)C)N(C)C(=O)CN(C)C(=O)[C@H](C(C)C)N(C)C(=O)[C@H](CC(C)C)N(C)C(=O)[C@H](CC(C)C)N(C)C(=O)[C@@H](C)NC(=O)OC(C)(C)C)C(C)C. The minimum atomic E-state index is -2.97. The maximum absolute atomic E-state index is 14.9. The molecule has 0 aliphatic carbocycles. The molecule has 0 heterocycles. The van der Waals surface area contributed by atoms with Gasteiger partial charge in [-0.05, 0) is 123 Å². The van der Waals surface area contributed by atoms with Crippen molar-refractivity contribution in [2.75, 3.05) is 55.9 Å². The number of carboxylic acid groups (broad SMARTS) is 1. The third-order valence-corrected chi connectivity index (χ3v) is 16.3. The largest absolute Gasteiger partial charge is 0.479 e. The van der Waals surface area contributed by atoms with Crippen molar-refractivity contribution in [2.45, 2.75) is 235 Å². The second-order valence-electron chi connectivity index (χ2n) is 27.2. The summed E-state index contributed by atoms with van der Waals surface area (Å²) < 4.78 is 5.33. The van der Waals surface area contributed by atoms with Gasteiger partial charge in [0.1, 0.15) is 47.9 Å². The average molecular weight is 1280 g/mol. The summed E-state index contributed by atoms with van der Waals surface area (Å²) in [4.78, 5) is 178. The Morgan fingerprint density at radius 2 is 1.04 bits per heavy atom. The summed E-state index contributed by atoms with van der Waals surface area (Å²) in [5, 5.41) is 30.1. The normalized spacial score (nSPS) is 16.3. The number of imide groups is 1.